The summed E-state index contributed by atoms with van der Waals surface area (Å²) in [7, 11) is 0. The number of carboxylic acid groups (broad SMARTS) is 1. The average Bonchev–Trinajstić information content (AvgIpc) is 2.57. The molecule has 0 bridgehead atoms. The molecule has 0 saturated heterocycles. The topological polar surface area (TPSA) is 57.5 Å². The maximum Gasteiger partial charge on any atom is 0.331 e. The summed E-state index contributed by atoms with van der Waals surface area (Å²) in [6, 6.07) is 7.44. The van der Waals surface area contributed by atoms with Gasteiger partial charge in [-0.1, -0.05) is 24.3 Å². The highest BCUT2D eigenvalue weighted by Gasteiger charge is 2.19. The summed E-state index contributed by atoms with van der Waals surface area (Å²) in [5.41, 5.74) is 2.75. The van der Waals surface area contributed by atoms with Gasteiger partial charge in [0.15, 0.2) is 0 Å². The van der Waals surface area contributed by atoms with E-state index < -0.39 is 12.1 Å². The zero-order valence-electron chi connectivity index (χ0n) is 8.84. The van der Waals surface area contributed by atoms with Crippen molar-refractivity contribution in [1.82, 2.24) is 0 Å². The molecular weight excluding hydrogens is 204 g/mol. The molecule has 3 heteroatoms. The number of aliphatic carboxylic acids is 1. The van der Waals surface area contributed by atoms with Gasteiger partial charge in [0.2, 0.25) is 0 Å². The third-order valence-corrected chi connectivity index (χ3v) is 2.64. The summed E-state index contributed by atoms with van der Waals surface area (Å²) in [4.78, 5) is 10.7. The zero-order valence-corrected chi connectivity index (χ0v) is 8.84. The minimum Gasteiger partial charge on any atom is -0.478 e. The fourth-order valence-corrected chi connectivity index (χ4v) is 1.79. The number of fused-ring (bicyclic) bond motifs is 1. The molecule has 3 nitrogen and oxygen atoms in total. The first-order valence-electron chi connectivity index (χ1n) is 5.00. The molecule has 2 N–H and O–H groups in total. The van der Waals surface area contributed by atoms with E-state index in [0.29, 0.717) is 0 Å². The number of carbonyl (C=O) groups is 1. The van der Waals surface area contributed by atoms with Crippen molar-refractivity contribution < 1.29 is 15.0 Å². The van der Waals surface area contributed by atoms with E-state index >= 15 is 0 Å². The fourth-order valence-electron chi connectivity index (χ4n) is 1.79. The van der Waals surface area contributed by atoms with Gasteiger partial charge >= 0.3 is 5.97 Å². The van der Waals surface area contributed by atoms with E-state index in [1.54, 1.807) is 12.2 Å². The van der Waals surface area contributed by atoms with Gasteiger partial charge in [0.1, 0.15) is 0 Å². The molecule has 1 aliphatic carbocycles. The van der Waals surface area contributed by atoms with Crippen LogP contribution in [-0.4, -0.2) is 16.2 Å². The van der Waals surface area contributed by atoms with Crippen LogP contribution in [0.4, 0.5) is 0 Å². The largest absolute Gasteiger partial charge is 0.478 e. The number of aliphatic hydroxyl groups is 1. The first kappa shape index (κ1) is 10.6. The summed E-state index contributed by atoms with van der Waals surface area (Å²) in [6.45, 7) is 1.54. The lowest BCUT2D eigenvalue weighted by molar-refractivity contribution is -0.132. The molecule has 16 heavy (non-hydrogen) atoms. The molecule has 1 aromatic rings. The van der Waals surface area contributed by atoms with E-state index in [1.165, 1.54) is 6.92 Å². The Labute approximate surface area is 93.4 Å². The predicted octanol–water partition coefficient (Wildman–Crippen LogP) is 2.15. The number of benzene rings is 1. The second-order valence-corrected chi connectivity index (χ2v) is 3.79. The van der Waals surface area contributed by atoms with Gasteiger partial charge in [-0.3, -0.25) is 0 Å². The van der Waals surface area contributed by atoms with Gasteiger partial charge in [0.25, 0.3) is 0 Å². The summed E-state index contributed by atoms with van der Waals surface area (Å²) in [5, 5.41) is 18.5. The number of hydrogen-bond donors (Lipinski definition) is 2. The number of aliphatic hydroxyl groups excluding tert-OH is 1. The fraction of sp³-hybridized carbons (Fsp3) is 0.154. The van der Waals surface area contributed by atoms with E-state index in [1.807, 2.05) is 24.3 Å². The van der Waals surface area contributed by atoms with Gasteiger partial charge < -0.3 is 10.2 Å². The molecule has 0 aliphatic heterocycles. The van der Waals surface area contributed by atoms with Gasteiger partial charge in [-0.15, -0.1) is 0 Å². The molecule has 82 valence electrons. The molecule has 0 aromatic heterocycles. The van der Waals surface area contributed by atoms with Gasteiger partial charge in [-0.25, -0.2) is 4.79 Å². The highest BCUT2D eigenvalue weighted by molar-refractivity contribution is 5.92. The second kappa shape index (κ2) is 3.94. The first-order valence-corrected chi connectivity index (χ1v) is 5.00. The molecule has 1 aliphatic rings. The number of rotatable bonds is 2. The number of allylic oxidation sites excluding steroid dienone is 2. The van der Waals surface area contributed by atoms with Crippen LogP contribution in [0.15, 0.2) is 42.0 Å². The van der Waals surface area contributed by atoms with Crippen molar-refractivity contribution in [2.75, 3.05) is 0 Å². The molecule has 1 aromatic carbocycles. The van der Waals surface area contributed by atoms with Crippen LogP contribution in [0.5, 0.6) is 0 Å². The van der Waals surface area contributed by atoms with Crippen LogP contribution in [0.1, 0.15) is 24.2 Å². The molecule has 0 spiro atoms. The third-order valence-electron chi connectivity index (χ3n) is 2.64. The van der Waals surface area contributed by atoms with E-state index in [9.17, 15) is 9.90 Å². The van der Waals surface area contributed by atoms with Crippen LogP contribution in [0.2, 0.25) is 0 Å². The van der Waals surface area contributed by atoms with Crippen LogP contribution in [-0.2, 0) is 4.79 Å². The molecule has 2 rings (SSSR count). The van der Waals surface area contributed by atoms with Crippen molar-refractivity contribution >= 4 is 11.5 Å². The van der Waals surface area contributed by atoms with Crippen LogP contribution >= 0.6 is 0 Å². The lowest BCUT2D eigenvalue weighted by Crippen LogP contribution is -1.96. The van der Waals surface area contributed by atoms with E-state index in [0.717, 1.165) is 16.7 Å². The van der Waals surface area contributed by atoms with Crippen molar-refractivity contribution in [3.05, 3.63) is 53.1 Å². The monoisotopic (exact) mass is 216 g/mol. The Morgan fingerprint density at radius 3 is 2.75 bits per heavy atom. The highest BCUT2D eigenvalue weighted by Crippen LogP contribution is 2.35. The van der Waals surface area contributed by atoms with Gasteiger partial charge in [0, 0.05) is 5.57 Å². The van der Waals surface area contributed by atoms with Crippen molar-refractivity contribution in [1.29, 1.82) is 0 Å². The molecule has 1 atom stereocenters. The maximum absolute atomic E-state index is 10.7. The first-order chi connectivity index (χ1) is 7.59. The standard InChI is InChI=1S/C13H12O3/c1-8(13(15)16)6-9-7-12(14)11-5-3-2-4-10(9)11/h2-7,12,14H,1H3,(H,15,16). The van der Waals surface area contributed by atoms with Gasteiger partial charge in [-0.05, 0) is 35.8 Å². The summed E-state index contributed by atoms with van der Waals surface area (Å²) in [6.07, 6.45) is 2.61. The van der Waals surface area contributed by atoms with Crippen molar-refractivity contribution in [3.8, 4) is 0 Å². The van der Waals surface area contributed by atoms with Crippen molar-refractivity contribution in [2.45, 2.75) is 13.0 Å². The van der Waals surface area contributed by atoms with Crippen LogP contribution in [0, 0.1) is 0 Å². The van der Waals surface area contributed by atoms with E-state index in [-0.39, 0.29) is 5.57 Å². The molecule has 0 fully saturated rings. The molecule has 0 amide bonds. The molecule has 1 unspecified atom stereocenters. The SMILES string of the molecule is CC(=CC1=CC(O)c2ccccc21)C(=O)O. The minimum absolute atomic E-state index is 0.259. The molecule has 0 radical (unpaired) electrons. The van der Waals surface area contributed by atoms with E-state index in [4.69, 9.17) is 5.11 Å². The van der Waals surface area contributed by atoms with Gasteiger partial charge in [0.05, 0.1) is 6.10 Å². The Balaban J connectivity index is 2.43. The summed E-state index contributed by atoms with van der Waals surface area (Å²) >= 11 is 0. The van der Waals surface area contributed by atoms with Crippen LogP contribution in [0.3, 0.4) is 0 Å². The minimum atomic E-state index is -0.945. The molecule has 0 heterocycles. The molecular formula is C13H12O3. The second-order valence-electron chi connectivity index (χ2n) is 3.79. The Morgan fingerprint density at radius 1 is 1.38 bits per heavy atom. The zero-order chi connectivity index (χ0) is 11.7. The Kier molecular flexibility index (Phi) is 2.62. The van der Waals surface area contributed by atoms with Crippen molar-refractivity contribution in [2.24, 2.45) is 0 Å². The summed E-state index contributed by atoms with van der Waals surface area (Å²) in [5.74, 6) is -0.945. The average molecular weight is 216 g/mol. The smallest absolute Gasteiger partial charge is 0.331 e. The number of carboxylic acids is 1. The van der Waals surface area contributed by atoms with Crippen molar-refractivity contribution in [3.63, 3.8) is 0 Å². The number of hydrogen-bond acceptors (Lipinski definition) is 2. The van der Waals surface area contributed by atoms with Gasteiger partial charge in [-0.2, -0.15) is 0 Å². The van der Waals surface area contributed by atoms with E-state index in [2.05, 4.69) is 0 Å². The predicted molar refractivity (Wildman–Crippen MR) is 60.8 cm³/mol. The van der Waals surface area contributed by atoms with Crippen LogP contribution < -0.4 is 0 Å². The Morgan fingerprint density at radius 2 is 2.06 bits per heavy atom. The Hall–Kier alpha value is -1.87. The quantitative estimate of drug-likeness (QED) is 0.745. The third kappa shape index (κ3) is 1.77. The Bertz CT molecular complexity index is 498. The summed E-state index contributed by atoms with van der Waals surface area (Å²) < 4.78 is 0. The molecule has 0 saturated carbocycles. The lowest BCUT2D eigenvalue weighted by Gasteiger charge is -2.03. The van der Waals surface area contributed by atoms with Crippen LogP contribution in [0.25, 0.3) is 5.57 Å². The highest BCUT2D eigenvalue weighted by atomic mass is 16.4. The lowest BCUT2D eigenvalue weighted by atomic mass is 10.0. The maximum atomic E-state index is 10.7. The normalized spacial score (nSPS) is 19.2.